The maximum Gasteiger partial charge on any atom is 0.338 e. The Morgan fingerprint density at radius 2 is 1.91 bits per heavy atom. The number of hydrogen-bond acceptors (Lipinski definition) is 8. The van der Waals surface area contributed by atoms with Crippen molar-refractivity contribution in [2.24, 2.45) is 4.99 Å². The quantitative estimate of drug-likeness (QED) is 0.266. The molecule has 43 heavy (non-hydrogen) atoms. The molecule has 0 spiro atoms. The fraction of sp³-hybridized carbons (Fsp3) is 0.152. The lowest BCUT2D eigenvalue weighted by molar-refractivity contribution is -0.139. The third-order valence-electron chi connectivity index (χ3n) is 7.24. The average Bonchev–Trinajstić information content (AvgIpc) is 3.60. The third-order valence-corrected chi connectivity index (χ3v) is 8.22. The molecule has 3 heterocycles. The molecule has 1 aliphatic rings. The van der Waals surface area contributed by atoms with Crippen molar-refractivity contribution in [1.82, 2.24) is 4.57 Å². The van der Waals surface area contributed by atoms with Crippen LogP contribution in [0.4, 0.5) is 0 Å². The zero-order chi connectivity index (χ0) is 30.2. The van der Waals surface area contributed by atoms with Crippen LogP contribution in [-0.4, -0.2) is 35.3 Å². The predicted octanol–water partition coefficient (Wildman–Crippen LogP) is 4.92. The van der Waals surface area contributed by atoms with Crippen molar-refractivity contribution in [3.05, 3.63) is 121 Å². The van der Waals surface area contributed by atoms with Crippen LogP contribution in [0.1, 0.15) is 41.6 Å². The number of carbonyl (C=O) groups excluding carboxylic acids is 1. The van der Waals surface area contributed by atoms with E-state index in [4.69, 9.17) is 13.9 Å². The molecule has 9 nitrogen and oxygen atoms in total. The summed E-state index contributed by atoms with van der Waals surface area (Å²) in [5, 5.41) is 11.1. The van der Waals surface area contributed by atoms with Crippen LogP contribution >= 0.6 is 11.3 Å². The van der Waals surface area contributed by atoms with E-state index in [1.807, 2.05) is 36.4 Å². The monoisotopic (exact) mass is 594 g/mol. The number of methoxy groups -OCH3 is 1. The van der Waals surface area contributed by atoms with Gasteiger partial charge >= 0.3 is 11.9 Å². The second-order valence-corrected chi connectivity index (χ2v) is 10.8. The van der Waals surface area contributed by atoms with Crippen LogP contribution in [0.15, 0.2) is 98.3 Å². The number of carbonyl (C=O) groups is 2. The molecule has 216 valence electrons. The Kier molecular flexibility index (Phi) is 7.29. The molecular weight excluding hydrogens is 568 g/mol. The number of esters is 1. The van der Waals surface area contributed by atoms with Gasteiger partial charge in [-0.05, 0) is 55.0 Å². The van der Waals surface area contributed by atoms with Gasteiger partial charge in [0.2, 0.25) is 0 Å². The van der Waals surface area contributed by atoms with Gasteiger partial charge in [0, 0.05) is 17.2 Å². The fourth-order valence-corrected chi connectivity index (χ4v) is 6.35. The Balaban J connectivity index is 1.54. The Labute approximate surface area is 249 Å². The Hall–Kier alpha value is -5.22. The van der Waals surface area contributed by atoms with Crippen molar-refractivity contribution in [2.45, 2.75) is 19.9 Å². The maximum absolute atomic E-state index is 14.1. The summed E-state index contributed by atoms with van der Waals surface area (Å²) in [4.78, 5) is 44.0. The number of aromatic nitrogens is 1. The number of furan rings is 1. The summed E-state index contributed by atoms with van der Waals surface area (Å²) in [5.41, 5.74) is 1.74. The Morgan fingerprint density at radius 3 is 2.67 bits per heavy atom. The zero-order valence-corrected chi connectivity index (χ0v) is 24.3. The molecule has 0 bridgehead atoms. The number of hydrogen-bond donors (Lipinski definition) is 1. The number of allylic oxidation sites excluding steroid dienone is 1. The van der Waals surface area contributed by atoms with Crippen molar-refractivity contribution in [3.63, 3.8) is 0 Å². The van der Waals surface area contributed by atoms with E-state index in [0.29, 0.717) is 43.4 Å². The Morgan fingerprint density at radius 1 is 1.09 bits per heavy atom. The van der Waals surface area contributed by atoms with Crippen LogP contribution in [0, 0.1) is 0 Å². The molecule has 6 rings (SSSR count). The average molecular weight is 595 g/mol. The minimum absolute atomic E-state index is 0.139. The van der Waals surface area contributed by atoms with Crippen molar-refractivity contribution >= 4 is 40.1 Å². The van der Waals surface area contributed by atoms with Crippen molar-refractivity contribution in [2.75, 3.05) is 13.7 Å². The number of nitrogens with zero attached hydrogens (tertiary/aromatic N) is 2. The summed E-state index contributed by atoms with van der Waals surface area (Å²) >= 11 is 1.18. The minimum atomic E-state index is -1.04. The predicted molar refractivity (Wildman–Crippen MR) is 162 cm³/mol. The van der Waals surface area contributed by atoms with E-state index < -0.39 is 18.0 Å². The molecular formula is C33H26N2O7S. The van der Waals surface area contributed by atoms with Gasteiger partial charge in [0.25, 0.3) is 5.56 Å². The molecule has 2 aromatic heterocycles. The number of ether oxygens (including phenoxy) is 2. The Bertz CT molecular complexity index is 2130. The molecule has 0 fully saturated rings. The number of benzene rings is 3. The number of fused-ring (bicyclic) bond motifs is 2. The summed E-state index contributed by atoms with van der Waals surface area (Å²) in [7, 11) is 1.55. The second kappa shape index (κ2) is 11.2. The molecule has 5 aromatic rings. The second-order valence-electron chi connectivity index (χ2n) is 9.79. The van der Waals surface area contributed by atoms with Gasteiger partial charge in [-0.3, -0.25) is 9.36 Å². The van der Waals surface area contributed by atoms with E-state index in [9.17, 15) is 19.5 Å². The summed E-state index contributed by atoms with van der Waals surface area (Å²) in [6.45, 7) is 3.62. The van der Waals surface area contributed by atoms with Crippen LogP contribution in [0.5, 0.6) is 5.75 Å². The van der Waals surface area contributed by atoms with Gasteiger partial charge in [-0.2, -0.15) is 0 Å². The molecule has 0 saturated heterocycles. The molecule has 1 aliphatic heterocycles. The lowest BCUT2D eigenvalue weighted by Gasteiger charge is -2.27. The number of aromatic carboxylic acids is 1. The highest BCUT2D eigenvalue weighted by Gasteiger charge is 2.36. The highest BCUT2D eigenvalue weighted by Crippen LogP contribution is 2.40. The van der Waals surface area contributed by atoms with Gasteiger partial charge in [0.15, 0.2) is 4.80 Å². The van der Waals surface area contributed by atoms with Crippen LogP contribution in [0.25, 0.3) is 28.2 Å². The molecule has 0 radical (unpaired) electrons. The van der Waals surface area contributed by atoms with Crippen molar-refractivity contribution < 1.29 is 28.6 Å². The van der Waals surface area contributed by atoms with Gasteiger partial charge in [0.05, 0.1) is 35.1 Å². The highest BCUT2D eigenvalue weighted by molar-refractivity contribution is 7.07. The van der Waals surface area contributed by atoms with Gasteiger partial charge < -0.3 is 19.0 Å². The molecule has 1 N–H and O–H groups in total. The van der Waals surface area contributed by atoms with Gasteiger partial charge in [-0.15, -0.1) is 0 Å². The first kappa shape index (κ1) is 27.9. The summed E-state index contributed by atoms with van der Waals surface area (Å²) in [5.74, 6) is -0.210. The van der Waals surface area contributed by atoms with E-state index in [-0.39, 0.29) is 23.3 Å². The summed E-state index contributed by atoms with van der Waals surface area (Å²) in [6, 6.07) is 20.5. The highest BCUT2D eigenvalue weighted by atomic mass is 32.1. The smallest absolute Gasteiger partial charge is 0.338 e. The largest absolute Gasteiger partial charge is 0.496 e. The van der Waals surface area contributed by atoms with E-state index in [1.165, 1.54) is 28.0 Å². The fourth-order valence-electron chi connectivity index (χ4n) is 5.32. The van der Waals surface area contributed by atoms with Gasteiger partial charge in [-0.1, -0.05) is 53.8 Å². The third kappa shape index (κ3) is 4.95. The molecule has 0 unspecified atom stereocenters. The standard InChI is InChI=1S/C33H26N2O7S/c1-4-41-32(39)27-18(2)34-33-35(29(27)28-23-11-6-5-8-19(23)12-14-25(28)40-3)30(36)26(43-33)17-22-13-15-24(42-22)20-9-7-10-21(16-20)31(37)38/h5-17,29H,4H2,1-3H3,(H,37,38)/t29-/m0/s1. The first-order valence-corrected chi connectivity index (χ1v) is 14.3. The number of carboxylic acids is 1. The van der Waals surface area contributed by atoms with E-state index in [0.717, 1.165) is 10.8 Å². The van der Waals surface area contributed by atoms with E-state index in [1.54, 1.807) is 51.3 Å². The molecule has 3 aromatic carbocycles. The summed E-state index contributed by atoms with van der Waals surface area (Å²) < 4.78 is 19.1. The van der Waals surface area contributed by atoms with Crippen LogP contribution in [0.3, 0.4) is 0 Å². The SMILES string of the molecule is CCOC(=O)C1=C(C)N=c2sc(=Cc3ccc(-c4cccc(C(=O)O)c4)o3)c(=O)n2[C@@H]1c1c(OC)ccc2ccccc12. The topological polar surface area (TPSA) is 120 Å². The molecule has 10 heteroatoms. The molecule has 0 saturated carbocycles. The van der Waals surface area contributed by atoms with E-state index in [2.05, 4.69) is 4.99 Å². The zero-order valence-electron chi connectivity index (χ0n) is 23.5. The van der Waals surface area contributed by atoms with Crippen molar-refractivity contribution in [1.29, 1.82) is 0 Å². The van der Waals surface area contributed by atoms with Gasteiger partial charge in [0.1, 0.15) is 23.3 Å². The number of thiazole rings is 1. The van der Waals surface area contributed by atoms with Crippen molar-refractivity contribution in [3.8, 4) is 17.1 Å². The summed E-state index contributed by atoms with van der Waals surface area (Å²) in [6.07, 6.45) is 1.62. The van der Waals surface area contributed by atoms with Gasteiger partial charge in [-0.25, -0.2) is 14.6 Å². The van der Waals surface area contributed by atoms with Crippen LogP contribution < -0.4 is 19.6 Å². The molecule has 1 atom stereocenters. The maximum atomic E-state index is 14.1. The first-order chi connectivity index (χ1) is 20.8. The van der Waals surface area contributed by atoms with E-state index >= 15 is 0 Å². The molecule has 0 amide bonds. The lowest BCUT2D eigenvalue weighted by atomic mass is 9.90. The molecule has 0 aliphatic carbocycles. The number of rotatable bonds is 7. The number of carboxylic acid groups (broad SMARTS) is 1. The first-order valence-electron chi connectivity index (χ1n) is 13.5. The normalized spacial score (nSPS) is 14.9. The lowest BCUT2D eigenvalue weighted by Crippen LogP contribution is -2.40. The van der Waals surface area contributed by atoms with Crippen LogP contribution in [-0.2, 0) is 9.53 Å². The van der Waals surface area contributed by atoms with Crippen LogP contribution in [0.2, 0.25) is 0 Å². The minimum Gasteiger partial charge on any atom is -0.496 e.